The third kappa shape index (κ3) is 56.9. The van der Waals surface area contributed by atoms with Gasteiger partial charge in [0, 0.05) is 25.7 Å². The number of phosphoric acid groups is 2. The minimum atomic E-state index is -4.94. The Morgan fingerprint density at radius 1 is 0.296 bits per heavy atom. The molecule has 17 nitrogen and oxygen atoms in total. The van der Waals surface area contributed by atoms with Crippen molar-refractivity contribution >= 4 is 39.5 Å². The molecular weight excluding hydrogens is 1080 g/mol. The number of hydrogen-bond donors (Lipinski definition) is 3. The molecule has 0 aromatic rings. The van der Waals surface area contributed by atoms with E-state index < -0.39 is 97.5 Å². The van der Waals surface area contributed by atoms with E-state index in [4.69, 9.17) is 37.0 Å². The minimum Gasteiger partial charge on any atom is -0.462 e. The molecule has 0 spiro atoms. The average molecular weight is 1200 g/mol. The molecule has 5 atom stereocenters. The number of unbranched alkanes of at least 4 members (excludes halogenated alkanes) is 37. The van der Waals surface area contributed by atoms with Crippen LogP contribution in [0.2, 0.25) is 0 Å². The van der Waals surface area contributed by atoms with E-state index in [1.54, 1.807) is 0 Å². The Kier molecular flexibility index (Phi) is 55.8. The fraction of sp³-hybridized carbons (Fsp3) is 0.935. The van der Waals surface area contributed by atoms with Crippen molar-refractivity contribution in [3.8, 4) is 0 Å². The van der Waals surface area contributed by atoms with Crippen LogP contribution in [-0.4, -0.2) is 96.7 Å². The Bertz CT molecular complexity index is 1570. The second-order valence-electron chi connectivity index (χ2n) is 22.4. The van der Waals surface area contributed by atoms with Crippen molar-refractivity contribution in [1.29, 1.82) is 0 Å². The summed E-state index contributed by atoms with van der Waals surface area (Å²) in [5, 5.41) is 10.5. The molecule has 0 rings (SSSR count). The van der Waals surface area contributed by atoms with E-state index in [9.17, 15) is 43.2 Å². The lowest BCUT2D eigenvalue weighted by atomic mass is 10.0. The van der Waals surface area contributed by atoms with Gasteiger partial charge in [0.15, 0.2) is 12.2 Å². The zero-order chi connectivity index (χ0) is 59.8. The van der Waals surface area contributed by atoms with E-state index in [2.05, 4.69) is 27.7 Å². The zero-order valence-corrected chi connectivity index (χ0v) is 53.5. The van der Waals surface area contributed by atoms with Gasteiger partial charge in [-0.15, -0.1) is 0 Å². The number of carbonyl (C=O) groups excluding carboxylic acids is 4. The van der Waals surface area contributed by atoms with Gasteiger partial charge in [-0.1, -0.05) is 265 Å². The molecule has 0 aliphatic carbocycles. The predicted octanol–water partition coefficient (Wildman–Crippen LogP) is 17.2. The lowest BCUT2D eigenvalue weighted by molar-refractivity contribution is -0.161. The maximum Gasteiger partial charge on any atom is 0.472 e. The van der Waals surface area contributed by atoms with Gasteiger partial charge in [0.1, 0.15) is 19.3 Å². The van der Waals surface area contributed by atoms with Crippen LogP contribution < -0.4 is 0 Å². The van der Waals surface area contributed by atoms with Gasteiger partial charge in [-0.05, 0) is 25.7 Å². The molecule has 3 N–H and O–H groups in total. The first-order valence-electron chi connectivity index (χ1n) is 32.8. The summed E-state index contributed by atoms with van der Waals surface area (Å²) >= 11 is 0. The summed E-state index contributed by atoms with van der Waals surface area (Å²) in [6, 6.07) is 0. The summed E-state index contributed by atoms with van der Waals surface area (Å²) < 4.78 is 67.5. The topological polar surface area (TPSA) is 237 Å². The van der Waals surface area contributed by atoms with Crippen molar-refractivity contribution in [3.05, 3.63) is 0 Å². The van der Waals surface area contributed by atoms with Crippen LogP contribution in [0.5, 0.6) is 0 Å². The van der Waals surface area contributed by atoms with Crippen LogP contribution >= 0.6 is 15.6 Å². The lowest BCUT2D eigenvalue weighted by Crippen LogP contribution is -2.30. The van der Waals surface area contributed by atoms with Gasteiger partial charge >= 0.3 is 39.5 Å². The number of phosphoric ester groups is 2. The van der Waals surface area contributed by atoms with Gasteiger partial charge in [0.25, 0.3) is 0 Å². The highest BCUT2D eigenvalue weighted by molar-refractivity contribution is 7.47. The number of aliphatic hydroxyl groups is 1. The van der Waals surface area contributed by atoms with E-state index in [1.165, 1.54) is 141 Å². The SMILES string of the molecule is CCCCCCCCCCCCCCCCCCCCCC(=O)O[C@H](COC(=O)CCCCCCCCCCCCCC)COP(=O)(O)OC[C@@H](O)COP(=O)(O)OC[C@@H](COC(=O)CCCCCCC)OC(=O)CCCCCCC. The number of carbonyl (C=O) groups is 4. The monoisotopic (exact) mass is 1200 g/mol. The van der Waals surface area contributed by atoms with E-state index in [1.807, 2.05) is 0 Å². The van der Waals surface area contributed by atoms with Crippen molar-refractivity contribution in [2.75, 3.05) is 39.6 Å². The average Bonchev–Trinajstić information content (AvgIpc) is 3.44. The molecule has 0 bridgehead atoms. The van der Waals surface area contributed by atoms with Crippen LogP contribution in [0.1, 0.15) is 317 Å². The van der Waals surface area contributed by atoms with E-state index in [-0.39, 0.29) is 25.7 Å². The van der Waals surface area contributed by atoms with Crippen LogP contribution in [0.3, 0.4) is 0 Å². The fourth-order valence-corrected chi connectivity index (χ4v) is 10.9. The van der Waals surface area contributed by atoms with Crippen molar-refractivity contribution < 1.29 is 80.2 Å². The largest absolute Gasteiger partial charge is 0.472 e. The predicted molar refractivity (Wildman–Crippen MR) is 322 cm³/mol. The van der Waals surface area contributed by atoms with Crippen molar-refractivity contribution in [3.63, 3.8) is 0 Å². The summed E-state index contributed by atoms with van der Waals surface area (Å²) in [4.78, 5) is 71.6. The summed E-state index contributed by atoms with van der Waals surface area (Å²) in [5.74, 6) is -2.16. The highest BCUT2D eigenvalue weighted by Crippen LogP contribution is 2.45. The standard InChI is InChI=1S/C62H120O17P2/c1-5-9-13-17-19-21-23-25-26-27-28-29-30-31-33-35-37-41-45-49-62(67)79-58(53-73-60(65)47-43-40-36-34-32-24-22-20-18-14-10-6-2)55-77-81(70,71)75-51-56(63)50-74-80(68,69)76-54-57(78-61(66)48-44-39-16-12-8-4)52-72-59(64)46-42-38-15-11-7-3/h56-58,63H,5-55H2,1-4H3,(H,68,69)(H,70,71)/t56-,57+,58+/m0/s1. The first-order chi connectivity index (χ1) is 39.2. The molecule has 81 heavy (non-hydrogen) atoms. The molecule has 0 amide bonds. The Morgan fingerprint density at radius 3 is 0.728 bits per heavy atom. The zero-order valence-electron chi connectivity index (χ0n) is 51.7. The quantitative estimate of drug-likeness (QED) is 0.0222. The molecule has 0 saturated heterocycles. The summed E-state index contributed by atoms with van der Waals surface area (Å²) in [6.45, 7) is 4.70. The molecule has 0 aliphatic heterocycles. The number of ether oxygens (including phenoxy) is 4. The Balaban J connectivity index is 5.06. The second-order valence-corrected chi connectivity index (χ2v) is 25.4. The summed E-state index contributed by atoms with van der Waals surface area (Å²) in [6.07, 6.45) is 42.6. The minimum absolute atomic E-state index is 0.0992. The first-order valence-corrected chi connectivity index (χ1v) is 35.8. The molecule has 0 saturated carbocycles. The van der Waals surface area contributed by atoms with E-state index >= 15 is 0 Å². The molecule has 19 heteroatoms. The Labute approximate surface area is 492 Å². The third-order valence-corrected chi connectivity index (χ3v) is 16.3. The second kappa shape index (κ2) is 57.2. The number of aliphatic hydroxyl groups excluding tert-OH is 1. The summed E-state index contributed by atoms with van der Waals surface area (Å²) in [5.41, 5.74) is 0. The van der Waals surface area contributed by atoms with E-state index in [0.717, 1.165) is 96.3 Å². The van der Waals surface area contributed by atoms with Crippen LogP contribution in [-0.2, 0) is 65.4 Å². The lowest BCUT2D eigenvalue weighted by Gasteiger charge is -2.21. The molecule has 0 aliphatic rings. The molecule has 0 aromatic carbocycles. The van der Waals surface area contributed by atoms with Crippen molar-refractivity contribution in [2.45, 2.75) is 335 Å². The molecule has 0 heterocycles. The van der Waals surface area contributed by atoms with Crippen LogP contribution in [0, 0.1) is 0 Å². The molecule has 480 valence electrons. The smallest absolute Gasteiger partial charge is 0.462 e. The number of hydrogen-bond acceptors (Lipinski definition) is 15. The number of esters is 4. The van der Waals surface area contributed by atoms with Crippen LogP contribution in [0.25, 0.3) is 0 Å². The molecule has 0 aromatic heterocycles. The highest BCUT2D eigenvalue weighted by Gasteiger charge is 2.30. The van der Waals surface area contributed by atoms with Crippen molar-refractivity contribution in [1.82, 2.24) is 0 Å². The first kappa shape index (κ1) is 79.1. The van der Waals surface area contributed by atoms with Gasteiger partial charge in [0.05, 0.1) is 26.4 Å². The fourth-order valence-electron chi connectivity index (χ4n) is 9.28. The van der Waals surface area contributed by atoms with Gasteiger partial charge in [-0.2, -0.15) is 0 Å². The summed E-state index contributed by atoms with van der Waals surface area (Å²) in [7, 11) is -9.86. The number of rotatable bonds is 63. The van der Waals surface area contributed by atoms with Crippen molar-refractivity contribution in [2.24, 2.45) is 0 Å². The van der Waals surface area contributed by atoms with E-state index in [0.29, 0.717) is 25.7 Å². The van der Waals surface area contributed by atoms with Gasteiger partial charge in [-0.25, -0.2) is 9.13 Å². The third-order valence-electron chi connectivity index (χ3n) is 14.4. The maximum atomic E-state index is 13.0. The molecule has 0 radical (unpaired) electrons. The van der Waals surface area contributed by atoms with Crippen LogP contribution in [0.15, 0.2) is 0 Å². The highest BCUT2D eigenvalue weighted by atomic mass is 31.2. The van der Waals surface area contributed by atoms with Gasteiger partial charge < -0.3 is 33.8 Å². The van der Waals surface area contributed by atoms with Gasteiger partial charge in [0.2, 0.25) is 0 Å². The van der Waals surface area contributed by atoms with Crippen LogP contribution in [0.4, 0.5) is 0 Å². The maximum absolute atomic E-state index is 13.0. The molecule has 2 unspecified atom stereocenters. The molecule has 0 fully saturated rings. The Morgan fingerprint density at radius 2 is 0.494 bits per heavy atom. The van der Waals surface area contributed by atoms with Gasteiger partial charge in [-0.3, -0.25) is 37.3 Å². The Hall–Kier alpha value is -1.94. The normalized spacial score (nSPS) is 14.2. The molecular formula is C62H120O17P2.